The third kappa shape index (κ3) is 6.43. The van der Waals surface area contributed by atoms with Gasteiger partial charge in [0.25, 0.3) is 0 Å². The standard InChI is InChI=1S/C14H21N3O2.ClH/c1-3-15-13(18)11-17(4-2)14(19)10-16-12-8-6-5-7-9-12;/h5-9,16H,3-4,10-11H2,1-2H3,(H,15,18);1H. The van der Waals surface area contributed by atoms with Crippen LogP contribution in [0.4, 0.5) is 5.69 Å². The molecule has 1 aromatic carbocycles. The van der Waals surface area contributed by atoms with Gasteiger partial charge in [0.2, 0.25) is 11.8 Å². The molecule has 0 aromatic heterocycles. The number of hydrogen-bond acceptors (Lipinski definition) is 3. The molecule has 0 saturated carbocycles. The van der Waals surface area contributed by atoms with Crippen molar-refractivity contribution in [3.05, 3.63) is 30.3 Å². The summed E-state index contributed by atoms with van der Waals surface area (Å²) in [6.07, 6.45) is 0. The van der Waals surface area contributed by atoms with Crippen LogP contribution in [0.3, 0.4) is 0 Å². The summed E-state index contributed by atoms with van der Waals surface area (Å²) in [7, 11) is 0. The number of para-hydroxylation sites is 1. The summed E-state index contributed by atoms with van der Waals surface area (Å²) in [5.41, 5.74) is 0.893. The predicted octanol–water partition coefficient (Wildman–Crippen LogP) is 1.50. The van der Waals surface area contributed by atoms with Crippen molar-refractivity contribution in [3.63, 3.8) is 0 Å². The summed E-state index contributed by atoms with van der Waals surface area (Å²) < 4.78 is 0. The minimum atomic E-state index is -0.127. The fourth-order valence-electron chi connectivity index (χ4n) is 1.65. The lowest BCUT2D eigenvalue weighted by Crippen LogP contribution is -2.42. The Kier molecular flexibility index (Phi) is 9.20. The molecule has 5 nitrogen and oxygen atoms in total. The molecule has 2 amide bonds. The summed E-state index contributed by atoms with van der Waals surface area (Å²) in [6, 6.07) is 9.51. The molecule has 0 fully saturated rings. The zero-order chi connectivity index (χ0) is 14.1. The number of carbonyl (C=O) groups is 2. The molecule has 6 heteroatoms. The van der Waals surface area contributed by atoms with E-state index in [1.165, 1.54) is 4.90 Å². The van der Waals surface area contributed by atoms with Crippen LogP contribution in [-0.4, -0.2) is 42.9 Å². The number of halogens is 1. The first kappa shape index (κ1) is 18.2. The molecule has 20 heavy (non-hydrogen) atoms. The second kappa shape index (κ2) is 10.1. The normalized spacial score (nSPS) is 9.30. The van der Waals surface area contributed by atoms with Gasteiger partial charge in [-0.3, -0.25) is 9.59 Å². The van der Waals surface area contributed by atoms with Crippen molar-refractivity contribution >= 4 is 29.9 Å². The van der Waals surface area contributed by atoms with E-state index in [1.54, 1.807) is 0 Å². The van der Waals surface area contributed by atoms with E-state index in [4.69, 9.17) is 0 Å². The first-order valence-electron chi connectivity index (χ1n) is 6.50. The lowest BCUT2D eigenvalue weighted by molar-refractivity contribution is -0.134. The fourth-order valence-corrected chi connectivity index (χ4v) is 1.65. The Bertz CT molecular complexity index is 412. The van der Waals surface area contributed by atoms with Crippen LogP contribution in [0.1, 0.15) is 13.8 Å². The number of nitrogens with one attached hydrogen (secondary N) is 2. The quantitative estimate of drug-likeness (QED) is 0.802. The van der Waals surface area contributed by atoms with Gasteiger partial charge in [-0.15, -0.1) is 12.4 Å². The van der Waals surface area contributed by atoms with Crippen molar-refractivity contribution in [2.45, 2.75) is 13.8 Å². The molecule has 0 aliphatic heterocycles. The molecule has 0 unspecified atom stereocenters. The molecule has 0 spiro atoms. The fraction of sp³-hybridized carbons (Fsp3) is 0.429. The average Bonchev–Trinajstić information content (AvgIpc) is 2.43. The van der Waals surface area contributed by atoms with Crippen LogP contribution in [0.5, 0.6) is 0 Å². The number of hydrogen-bond donors (Lipinski definition) is 2. The van der Waals surface area contributed by atoms with Gasteiger partial charge in [-0.25, -0.2) is 0 Å². The van der Waals surface area contributed by atoms with Crippen molar-refractivity contribution < 1.29 is 9.59 Å². The van der Waals surface area contributed by atoms with Crippen molar-refractivity contribution in [2.75, 3.05) is 31.5 Å². The van der Waals surface area contributed by atoms with E-state index in [-0.39, 0.29) is 37.3 Å². The highest BCUT2D eigenvalue weighted by Crippen LogP contribution is 2.04. The highest BCUT2D eigenvalue weighted by Gasteiger charge is 2.14. The number of amides is 2. The maximum Gasteiger partial charge on any atom is 0.242 e. The monoisotopic (exact) mass is 299 g/mol. The Morgan fingerprint density at radius 2 is 1.80 bits per heavy atom. The van der Waals surface area contributed by atoms with E-state index < -0.39 is 0 Å². The first-order valence-corrected chi connectivity index (χ1v) is 6.50. The predicted molar refractivity (Wildman–Crippen MR) is 83.1 cm³/mol. The number of carbonyl (C=O) groups excluding carboxylic acids is 2. The van der Waals surface area contributed by atoms with Gasteiger partial charge in [0.15, 0.2) is 0 Å². The molecular weight excluding hydrogens is 278 g/mol. The zero-order valence-corrected chi connectivity index (χ0v) is 12.7. The number of likely N-dealkylation sites (N-methyl/N-ethyl adjacent to an activating group) is 2. The zero-order valence-electron chi connectivity index (χ0n) is 11.9. The van der Waals surface area contributed by atoms with Gasteiger partial charge in [-0.2, -0.15) is 0 Å². The number of benzene rings is 1. The lowest BCUT2D eigenvalue weighted by atomic mass is 10.3. The minimum absolute atomic E-state index is 0. The highest BCUT2D eigenvalue weighted by atomic mass is 35.5. The highest BCUT2D eigenvalue weighted by molar-refractivity contribution is 5.86. The van der Waals surface area contributed by atoms with Crippen LogP contribution < -0.4 is 10.6 Å². The second-order valence-corrected chi connectivity index (χ2v) is 4.08. The Hall–Kier alpha value is -1.75. The Labute approximate surface area is 126 Å². The molecule has 0 heterocycles. The van der Waals surface area contributed by atoms with Crippen molar-refractivity contribution in [1.29, 1.82) is 0 Å². The van der Waals surface area contributed by atoms with E-state index in [0.717, 1.165) is 5.69 Å². The largest absolute Gasteiger partial charge is 0.376 e. The molecule has 1 aromatic rings. The third-order valence-electron chi connectivity index (χ3n) is 2.66. The van der Waals surface area contributed by atoms with E-state index in [0.29, 0.717) is 13.1 Å². The van der Waals surface area contributed by atoms with Crippen LogP contribution in [0.2, 0.25) is 0 Å². The van der Waals surface area contributed by atoms with Crippen molar-refractivity contribution in [2.24, 2.45) is 0 Å². The third-order valence-corrected chi connectivity index (χ3v) is 2.66. The number of anilines is 1. The van der Waals surface area contributed by atoms with Crippen LogP contribution in [0, 0.1) is 0 Å². The second-order valence-electron chi connectivity index (χ2n) is 4.08. The molecule has 0 radical (unpaired) electrons. The molecule has 0 bridgehead atoms. The topological polar surface area (TPSA) is 61.4 Å². The Morgan fingerprint density at radius 3 is 2.35 bits per heavy atom. The van der Waals surface area contributed by atoms with E-state index in [2.05, 4.69) is 10.6 Å². The summed E-state index contributed by atoms with van der Waals surface area (Å²) in [5, 5.41) is 5.73. The summed E-state index contributed by atoms with van der Waals surface area (Å²) in [5.74, 6) is -0.213. The lowest BCUT2D eigenvalue weighted by Gasteiger charge is -2.20. The molecule has 0 aliphatic carbocycles. The summed E-state index contributed by atoms with van der Waals surface area (Å²) >= 11 is 0. The maximum atomic E-state index is 12.0. The van der Waals surface area contributed by atoms with E-state index >= 15 is 0 Å². The molecule has 1 rings (SSSR count). The van der Waals surface area contributed by atoms with Gasteiger partial charge in [0.1, 0.15) is 0 Å². The van der Waals surface area contributed by atoms with Crippen LogP contribution in [0.25, 0.3) is 0 Å². The number of nitrogens with zero attached hydrogens (tertiary/aromatic N) is 1. The summed E-state index contributed by atoms with van der Waals surface area (Å²) in [4.78, 5) is 25.0. The van der Waals surface area contributed by atoms with Crippen molar-refractivity contribution in [3.8, 4) is 0 Å². The molecule has 0 saturated heterocycles. The van der Waals surface area contributed by atoms with Gasteiger partial charge < -0.3 is 15.5 Å². The van der Waals surface area contributed by atoms with Gasteiger partial charge in [-0.05, 0) is 26.0 Å². The first-order chi connectivity index (χ1) is 9.17. The molecule has 0 atom stereocenters. The molecular formula is C14H22ClN3O2. The van der Waals surface area contributed by atoms with Gasteiger partial charge >= 0.3 is 0 Å². The Balaban J connectivity index is 0.00000361. The van der Waals surface area contributed by atoms with Gasteiger partial charge in [0, 0.05) is 18.8 Å². The molecule has 2 N–H and O–H groups in total. The Morgan fingerprint density at radius 1 is 1.15 bits per heavy atom. The van der Waals surface area contributed by atoms with E-state index in [9.17, 15) is 9.59 Å². The smallest absolute Gasteiger partial charge is 0.242 e. The molecule has 112 valence electrons. The van der Waals surface area contributed by atoms with Crippen LogP contribution >= 0.6 is 12.4 Å². The minimum Gasteiger partial charge on any atom is -0.376 e. The number of rotatable bonds is 7. The SMILES string of the molecule is CCNC(=O)CN(CC)C(=O)CNc1ccccc1.Cl. The van der Waals surface area contributed by atoms with E-state index in [1.807, 2.05) is 44.2 Å². The van der Waals surface area contributed by atoms with Gasteiger partial charge in [0.05, 0.1) is 13.1 Å². The van der Waals surface area contributed by atoms with Crippen molar-refractivity contribution in [1.82, 2.24) is 10.2 Å². The van der Waals surface area contributed by atoms with Crippen LogP contribution in [-0.2, 0) is 9.59 Å². The van der Waals surface area contributed by atoms with Crippen LogP contribution in [0.15, 0.2) is 30.3 Å². The van der Waals surface area contributed by atoms with Gasteiger partial charge in [-0.1, -0.05) is 18.2 Å². The average molecular weight is 300 g/mol. The summed E-state index contributed by atoms with van der Waals surface area (Å²) in [6.45, 7) is 5.11. The maximum absolute atomic E-state index is 12.0. The molecule has 0 aliphatic rings.